The third kappa shape index (κ3) is 2.34. The van der Waals surface area contributed by atoms with Crippen molar-refractivity contribution < 1.29 is 13.2 Å². The minimum atomic E-state index is -2.80. The molecule has 0 aliphatic carbocycles. The quantitative estimate of drug-likeness (QED) is 0.592. The van der Waals surface area contributed by atoms with Gasteiger partial charge in [-0.15, -0.1) is 11.6 Å². The summed E-state index contributed by atoms with van der Waals surface area (Å²) in [6, 6.07) is 1.21. The highest BCUT2D eigenvalue weighted by Crippen LogP contribution is 2.27. The molecule has 1 aromatic heterocycles. The van der Waals surface area contributed by atoms with Crippen LogP contribution in [-0.2, 0) is 5.88 Å². The Bertz CT molecular complexity index is 319. The van der Waals surface area contributed by atoms with Crippen LogP contribution in [0.5, 0.6) is 0 Å². The fourth-order valence-corrected chi connectivity index (χ4v) is 1.49. The van der Waals surface area contributed by atoms with Gasteiger partial charge in [0.2, 0.25) is 5.95 Å². The van der Waals surface area contributed by atoms with Crippen molar-refractivity contribution >= 4 is 27.5 Å². The SMILES string of the molecule is Fc1nc(C(F)F)c(Br)cc1CCl. The van der Waals surface area contributed by atoms with Crippen molar-refractivity contribution in [2.45, 2.75) is 12.3 Å². The maximum atomic E-state index is 12.8. The van der Waals surface area contributed by atoms with E-state index >= 15 is 0 Å². The molecule has 0 saturated heterocycles. The maximum absolute atomic E-state index is 12.8. The van der Waals surface area contributed by atoms with Crippen LogP contribution in [0.1, 0.15) is 17.7 Å². The molecule has 0 fully saturated rings. The van der Waals surface area contributed by atoms with E-state index < -0.39 is 18.1 Å². The van der Waals surface area contributed by atoms with Gasteiger partial charge in [0, 0.05) is 10.0 Å². The van der Waals surface area contributed by atoms with E-state index in [9.17, 15) is 13.2 Å². The number of halogens is 5. The topological polar surface area (TPSA) is 12.9 Å². The van der Waals surface area contributed by atoms with Gasteiger partial charge in [0.05, 0.1) is 5.88 Å². The van der Waals surface area contributed by atoms with Crippen molar-refractivity contribution in [1.29, 1.82) is 0 Å². The third-order valence-electron chi connectivity index (χ3n) is 1.38. The van der Waals surface area contributed by atoms with Gasteiger partial charge in [0.25, 0.3) is 6.43 Å². The Morgan fingerprint density at radius 1 is 1.54 bits per heavy atom. The predicted molar refractivity (Wildman–Crippen MR) is 46.4 cm³/mol. The van der Waals surface area contributed by atoms with Gasteiger partial charge >= 0.3 is 0 Å². The van der Waals surface area contributed by atoms with E-state index in [1.807, 2.05) is 0 Å². The summed E-state index contributed by atoms with van der Waals surface area (Å²) in [5, 5.41) is 0. The molecule has 1 nitrogen and oxygen atoms in total. The van der Waals surface area contributed by atoms with Crippen LogP contribution in [0.15, 0.2) is 10.5 Å². The molecule has 0 bridgehead atoms. The fraction of sp³-hybridized carbons (Fsp3) is 0.286. The van der Waals surface area contributed by atoms with Crippen LogP contribution in [0.2, 0.25) is 0 Å². The molecule has 0 unspecified atom stereocenters. The molecule has 6 heteroatoms. The minimum absolute atomic E-state index is 0.0690. The molecule has 1 rings (SSSR count). The van der Waals surface area contributed by atoms with E-state index in [0.29, 0.717) is 0 Å². The number of alkyl halides is 3. The molecule has 0 amide bonds. The summed E-state index contributed by atoms with van der Waals surface area (Å²) in [6.07, 6.45) is -2.80. The molecule has 0 N–H and O–H groups in total. The molecule has 1 aromatic rings. The van der Waals surface area contributed by atoms with Gasteiger partial charge < -0.3 is 0 Å². The van der Waals surface area contributed by atoms with E-state index in [4.69, 9.17) is 11.6 Å². The van der Waals surface area contributed by atoms with Crippen LogP contribution < -0.4 is 0 Å². The normalized spacial score (nSPS) is 10.9. The molecule has 13 heavy (non-hydrogen) atoms. The molecular formula is C7H4BrClF3N. The van der Waals surface area contributed by atoms with Crippen molar-refractivity contribution in [3.8, 4) is 0 Å². The third-order valence-corrected chi connectivity index (χ3v) is 2.30. The molecule has 0 radical (unpaired) electrons. The van der Waals surface area contributed by atoms with Gasteiger partial charge in [-0.2, -0.15) is 4.39 Å². The summed E-state index contributed by atoms with van der Waals surface area (Å²) in [4.78, 5) is 3.10. The lowest BCUT2D eigenvalue weighted by Gasteiger charge is -2.04. The van der Waals surface area contributed by atoms with Crippen molar-refractivity contribution in [2.75, 3.05) is 0 Å². The first-order valence-electron chi connectivity index (χ1n) is 3.25. The second-order valence-corrected chi connectivity index (χ2v) is 3.36. The first kappa shape index (κ1) is 10.8. The van der Waals surface area contributed by atoms with E-state index in [1.165, 1.54) is 6.07 Å². The zero-order valence-electron chi connectivity index (χ0n) is 6.20. The Balaban J connectivity index is 3.20. The Morgan fingerprint density at radius 3 is 2.62 bits per heavy atom. The Kier molecular flexibility index (Phi) is 3.55. The first-order valence-corrected chi connectivity index (χ1v) is 4.58. The second kappa shape index (κ2) is 4.28. The van der Waals surface area contributed by atoms with Crippen LogP contribution in [0, 0.1) is 5.95 Å². The summed E-state index contributed by atoms with van der Waals surface area (Å²) in [6.45, 7) is 0. The molecule has 0 aromatic carbocycles. The van der Waals surface area contributed by atoms with Gasteiger partial charge in [-0.1, -0.05) is 0 Å². The van der Waals surface area contributed by atoms with Crippen LogP contribution >= 0.6 is 27.5 Å². The number of nitrogens with zero attached hydrogens (tertiary/aromatic N) is 1. The van der Waals surface area contributed by atoms with Gasteiger partial charge in [-0.05, 0) is 22.0 Å². The smallest absolute Gasteiger partial charge is 0.217 e. The molecule has 0 atom stereocenters. The largest absolute Gasteiger partial charge is 0.281 e. The highest BCUT2D eigenvalue weighted by molar-refractivity contribution is 9.10. The number of hydrogen-bond donors (Lipinski definition) is 0. The number of pyridine rings is 1. The lowest BCUT2D eigenvalue weighted by Crippen LogP contribution is -1.99. The van der Waals surface area contributed by atoms with Crippen molar-refractivity contribution in [3.63, 3.8) is 0 Å². The standard InChI is InChI=1S/C7H4BrClF3N/c8-4-1-3(2-9)7(12)13-5(4)6(10)11/h1,6H,2H2. The molecule has 72 valence electrons. The lowest BCUT2D eigenvalue weighted by molar-refractivity contribution is 0.143. The number of rotatable bonds is 2. The molecular weight excluding hydrogens is 270 g/mol. The summed E-state index contributed by atoms with van der Waals surface area (Å²) in [5.74, 6) is -1.05. The predicted octanol–water partition coefficient (Wildman–Crippen LogP) is 3.66. The average molecular weight is 274 g/mol. The van der Waals surface area contributed by atoms with Crippen molar-refractivity contribution in [3.05, 3.63) is 27.7 Å². The zero-order valence-corrected chi connectivity index (χ0v) is 8.54. The van der Waals surface area contributed by atoms with Gasteiger partial charge in [0.15, 0.2) is 0 Å². The highest BCUT2D eigenvalue weighted by Gasteiger charge is 2.16. The lowest BCUT2D eigenvalue weighted by atomic mass is 10.2. The molecule has 0 aliphatic rings. The fourth-order valence-electron chi connectivity index (χ4n) is 0.764. The second-order valence-electron chi connectivity index (χ2n) is 2.24. The van der Waals surface area contributed by atoms with Crippen molar-refractivity contribution in [2.24, 2.45) is 0 Å². The zero-order chi connectivity index (χ0) is 10.0. The van der Waals surface area contributed by atoms with E-state index in [-0.39, 0.29) is 15.9 Å². The van der Waals surface area contributed by atoms with E-state index in [1.54, 1.807) is 0 Å². The highest BCUT2D eigenvalue weighted by atomic mass is 79.9. The summed E-state index contributed by atoms with van der Waals surface area (Å²) in [5.41, 5.74) is -0.510. The summed E-state index contributed by atoms with van der Waals surface area (Å²) < 4.78 is 37.2. The van der Waals surface area contributed by atoms with Gasteiger partial charge in [0.1, 0.15) is 5.69 Å². The maximum Gasteiger partial charge on any atom is 0.281 e. The van der Waals surface area contributed by atoms with E-state index in [0.717, 1.165) is 0 Å². The Labute approximate surface area is 86.0 Å². The van der Waals surface area contributed by atoms with Crippen LogP contribution in [0.25, 0.3) is 0 Å². The Morgan fingerprint density at radius 2 is 2.15 bits per heavy atom. The molecule has 0 spiro atoms. The van der Waals surface area contributed by atoms with Crippen LogP contribution in [0.3, 0.4) is 0 Å². The average Bonchev–Trinajstić information content (AvgIpc) is 2.07. The van der Waals surface area contributed by atoms with Crippen LogP contribution in [0.4, 0.5) is 13.2 Å². The summed E-state index contributed by atoms with van der Waals surface area (Å²) >= 11 is 8.20. The van der Waals surface area contributed by atoms with Crippen molar-refractivity contribution in [1.82, 2.24) is 4.98 Å². The first-order chi connectivity index (χ1) is 6.06. The number of hydrogen-bond acceptors (Lipinski definition) is 1. The van der Waals surface area contributed by atoms with Crippen LogP contribution in [-0.4, -0.2) is 4.98 Å². The Hall–Kier alpha value is -0.290. The molecule has 0 aliphatic heterocycles. The molecule has 1 heterocycles. The molecule has 0 saturated carbocycles. The minimum Gasteiger partial charge on any atom is -0.217 e. The monoisotopic (exact) mass is 273 g/mol. The van der Waals surface area contributed by atoms with E-state index in [2.05, 4.69) is 20.9 Å². The number of aromatic nitrogens is 1. The van der Waals surface area contributed by atoms with Gasteiger partial charge in [-0.3, -0.25) is 0 Å². The summed E-state index contributed by atoms with van der Waals surface area (Å²) in [7, 11) is 0. The van der Waals surface area contributed by atoms with Gasteiger partial charge in [-0.25, -0.2) is 13.8 Å².